The van der Waals surface area contributed by atoms with Crippen molar-refractivity contribution in [2.45, 2.75) is 51.6 Å². The minimum atomic E-state index is -1.22. The highest BCUT2D eigenvalue weighted by atomic mass is 16.4. The normalized spacial score (nSPS) is 16.5. The number of carboxylic acid groups (broad SMARTS) is 1. The van der Waals surface area contributed by atoms with Crippen molar-refractivity contribution < 1.29 is 14.7 Å². The summed E-state index contributed by atoms with van der Waals surface area (Å²) in [4.78, 5) is 22.4. The summed E-state index contributed by atoms with van der Waals surface area (Å²) in [5.74, 6) is -1.44. The van der Waals surface area contributed by atoms with Gasteiger partial charge in [-0.1, -0.05) is 20.3 Å². The lowest BCUT2D eigenvalue weighted by Gasteiger charge is -2.26. The van der Waals surface area contributed by atoms with Gasteiger partial charge in [0.1, 0.15) is 5.54 Å². The van der Waals surface area contributed by atoms with Gasteiger partial charge in [-0.2, -0.15) is 0 Å². The van der Waals surface area contributed by atoms with Crippen molar-refractivity contribution in [1.82, 2.24) is 5.32 Å². The summed E-state index contributed by atoms with van der Waals surface area (Å²) >= 11 is 0. The van der Waals surface area contributed by atoms with Crippen LogP contribution in [-0.4, -0.2) is 28.6 Å². The van der Waals surface area contributed by atoms with Crippen LogP contribution >= 0.6 is 0 Å². The topological polar surface area (TPSA) is 92.4 Å². The largest absolute Gasteiger partial charge is 0.480 e. The average Bonchev–Trinajstić information content (AvgIpc) is 2.17. The molecule has 0 aromatic rings. The second kappa shape index (κ2) is 5.70. The van der Waals surface area contributed by atoms with Crippen LogP contribution in [0.4, 0.5) is 0 Å². The van der Waals surface area contributed by atoms with E-state index in [1.165, 1.54) is 6.92 Å². The molecule has 0 bridgehead atoms. The molecule has 15 heavy (non-hydrogen) atoms. The lowest BCUT2D eigenvalue weighted by Crippen LogP contribution is -2.56. The first-order valence-electron chi connectivity index (χ1n) is 5.18. The Bertz CT molecular complexity index is 243. The average molecular weight is 216 g/mol. The third-order valence-electron chi connectivity index (χ3n) is 2.51. The molecule has 0 heterocycles. The molecule has 2 atom stereocenters. The van der Waals surface area contributed by atoms with Gasteiger partial charge in [-0.15, -0.1) is 0 Å². The second-order valence-electron chi connectivity index (χ2n) is 3.88. The summed E-state index contributed by atoms with van der Waals surface area (Å²) < 4.78 is 0. The summed E-state index contributed by atoms with van der Waals surface area (Å²) in [6.07, 6.45) is 1.68. The lowest BCUT2D eigenvalue weighted by molar-refractivity contribution is -0.147. The maximum atomic E-state index is 11.5. The van der Waals surface area contributed by atoms with Crippen LogP contribution in [0.25, 0.3) is 0 Å². The smallest absolute Gasteiger partial charge is 0.329 e. The molecular formula is C10H20N2O3. The van der Waals surface area contributed by atoms with Crippen LogP contribution in [-0.2, 0) is 9.59 Å². The van der Waals surface area contributed by atoms with Gasteiger partial charge in [0.25, 0.3) is 0 Å². The number of hydrogen-bond donors (Lipinski definition) is 3. The molecule has 0 aliphatic carbocycles. The summed E-state index contributed by atoms with van der Waals surface area (Å²) in [6, 6.07) is -0.625. The third kappa shape index (κ3) is 3.87. The van der Waals surface area contributed by atoms with Crippen LogP contribution in [0.2, 0.25) is 0 Å². The number of hydrogen-bond acceptors (Lipinski definition) is 3. The zero-order valence-electron chi connectivity index (χ0n) is 9.54. The van der Waals surface area contributed by atoms with Crippen molar-refractivity contribution in [3.05, 3.63) is 0 Å². The molecule has 0 radical (unpaired) electrons. The van der Waals surface area contributed by atoms with Crippen LogP contribution < -0.4 is 11.1 Å². The Balaban J connectivity index is 4.43. The molecule has 0 rings (SSSR count). The van der Waals surface area contributed by atoms with Crippen molar-refractivity contribution in [2.75, 3.05) is 0 Å². The molecule has 0 fully saturated rings. The first-order valence-corrected chi connectivity index (χ1v) is 5.18. The highest BCUT2D eigenvalue weighted by Gasteiger charge is 2.33. The monoisotopic (exact) mass is 216 g/mol. The Morgan fingerprint density at radius 1 is 1.47 bits per heavy atom. The number of aliphatic carboxylic acids is 1. The van der Waals surface area contributed by atoms with Gasteiger partial charge in [0.05, 0.1) is 6.04 Å². The van der Waals surface area contributed by atoms with Crippen LogP contribution in [0.15, 0.2) is 0 Å². The van der Waals surface area contributed by atoms with Crippen LogP contribution in [0.1, 0.15) is 40.0 Å². The second-order valence-corrected chi connectivity index (χ2v) is 3.88. The van der Waals surface area contributed by atoms with Gasteiger partial charge in [0.15, 0.2) is 0 Å². The van der Waals surface area contributed by atoms with E-state index in [1.54, 1.807) is 6.92 Å². The number of nitrogens with one attached hydrogen (secondary N) is 1. The van der Waals surface area contributed by atoms with Crippen molar-refractivity contribution in [3.63, 3.8) is 0 Å². The van der Waals surface area contributed by atoms with Gasteiger partial charge in [-0.25, -0.2) is 4.79 Å². The number of carbonyl (C=O) groups is 2. The molecule has 0 aromatic carbocycles. The molecule has 88 valence electrons. The Kier molecular flexibility index (Phi) is 5.28. The summed E-state index contributed by atoms with van der Waals surface area (Å²) in [5, 5.41) is 11.4. The minimum absolute atomic E-state index is 0.326. The molecule has 5 heteroatoms. The van der Waals surface area contributed by atoms with Crippen molar-refractivity contribution >= 4 is 11.9 Å². The lowest BCUT2D eigenvalue weighted by atomic mass is 9.98. The molecule has 0 aliphatic heterocycles. The molecule has 0 aromatic heterocycles. The molecule has 0 aliphatic rings. The van der Waals surface area contributed by atoms with E-state index in [1.807, 2.05) is 6.92 Å². The Hall–Kier alpha value is -1.10. The first-order chi connectivity index (χ1) is 6.87. The van der Waals surface area contributed by atoms with Gasteiger partial charge in [0.2, 0.25) is 5.91 Å². The first kappa shape index (κ1) is 13.9. The summed E-state index contributed by atoms with van der Waals surface area (Å²) in [5.41, 5.74) is 4.36. The van der Waals surface area contributed by atoms with E-state index >= 15 is 0 Å². The van der Waals surface area contributed by atoms with Gasteiger partial charge >= 0.3 is 5.97 Å². The molecule has 5 nitrogen and oxygen atoms in total. The summed E-state index contributed by atoms with van der Waals surface area (Å²) in [6.45, 7) is 5.11. The number of carbonyl (C=O) groups excluding carboxylic acids is 1. The highest BCUT2D eigenvalue weighted by molar-refractivity contribution is 5.89. The SMILES string of the molecule is CCC[C@@H](N)C(=O)NC(C)(CC)C(=O)O. The minimum Gasteiger partial charge on any atom is -0.480 e. The van der Waals surface area contributed by atoms with Crippen LogP contribution in [0, 0.1) is 0 Å². The van der Waals surface area contributed by atoms with E-state index in [2.05, 4.69) is 5.32 Å². The zero-order valence-corrected chi connectivity index (χ0v) is 9.54. The zero-order chi connectivity index (χ0) is 12.1. The molecule has 1 amide bonds. The third-order valence-corrected chi connectivity index (χ3v) is 2.51. The maximum absolute atomic E-state index is 11.5. The predicted molar refractivity (Wildman–Crippen MR) is 57.4 cm³/mol. The van der Waals surface area contributed by atoms with Crippen molar-refractivity contribution in [1.29, 1.82) is 0 Å². The van der Waals surface area contributed by atoms with Crippen molar-refractivity contribution in [2.24, 2.45) is 5.73 Å². The highest BCUT2D eigenvalue weighted by Crippen LogP contribution is 2.09. The molecule has 0 spiro atoms. The van der Waals surface area contributed by atoms with Gasteiger partial charge < -0.3 is 16.2 Å². The van der Waals surface area contributed by atoms with Crippen LogP contribution in [0.5, 0.6) is 0 Å². The van der Waals surface area contributed by atoms with Gasteiger partial charge in [-0.3, -0.25) is 4.79 Å². The van der Waals surface area contributed by atoms with E-state index in [0.29, 0.717) is 12.8 Å². The Morgan fingerprint density at radius 2 is 2.00 bits per heavy atom. The number of amides is 1. The standard InChI is InChI=1S/C10H20N2O3/c1-4-6-7(11)8(13)12-10(3,5-2)9(14)15/h7H,4-6,11H2,1-3H3,(H,12,13)(H,14,15)/t7-,10?/m1/s1. The van der Waals surface area contributed by atoms with E-state index in [0.717, 1.165) is 6.42 Å². The Labute approximate surface area is 90.0 Å². The molecule has 0 saturated carbocycles. The summed E-state index contributed by atoms with van der Waals surface area (Å²) in [7, 11) is 0. The fourth-order valence-electron chi connectivity index (χ4n) is 1.10. The van der Waals surface area contributed by atoms with Crippen molar-refractivity contribution in [3.8, 4) is 0 Å². The van der Waals surface area contributed by atoms with E-state index in [4.69, 9.17) is 10.8 Å². The Morgan fingerprint density at radius 3 is 2.33 bits per heavy atom. The maximum Gasteiger partial charge on any atom is 0.329 e. The van der Waals surface area contributed by atoms with E-state index < -0.39 is 23.5 Å². The number of carboxylic acids is 1. The molecule has 0 saturated heterocycles. The fourth-order valence-corrected chi connectivity index (χ4v) is 1.10. The molecule has 1 unspecified atom stereocenters. The fraction of sp³-hybridized carbons (Fsp3) is 0.800. The van der Waals surface area contributed by atoms with Gasteiger partial charge in [0, 0.05) is 0 Å². The molecule has 4 N–H and O–H groups in total. The quantitative estimate of drug-likeness (QED) is 0.602. The van der Waals surface area contributed by atoms with E-state index in [-0.39, 0.29) is 0 Å². The number of rotatable bonds is 6. The van der Waals surface area contributed by atoms with Gasteiger partial charge in [-0.05, 0) is 19.8 Å². The van der Waals surface area contributed by atoms with Crippen LogP contribution in [0.3, 0.4) is 0 Å². The molecular weight excluding hydrogens is 196 g/mol. The van der Waals surface area contributed by atoms with E-state index in [9.17, 15) is 9.59 Å². The number of nitrogens with two attached hydrogens (primary N) is 1. The predicted octanol–water partition coefficient (Wildman–Crippen LogP) is 0.483.